The maximum Gasteiger partial charge on any atom is 0.432 e. The molecule has 16 heteroatoms. The Morgan fingerprint density at radius 1 is 0.455 bits per heavy atom. The number of ether oxygens (including phenoxy) is 2. The molecular formula is C50H34F12N2O2. The maximum absolute atomic E-state index is 15.7. The van der Waals surface area contributed by atoms with Crippen LogP contribution >= 0.6 is 0 Å². The van der Waals surface area contributed by atoms with E-state index >= 15 is 13.2 Å². The van der Waals surface area contributed by atoms with Crippen LogP contribution in [0.5, 0.6) is 0 Å². The Labute approximate surface area is 369 Å². The van der Waals surface area contributed by atoms with Crippen LogP contribution in [0.1, 0.15) is 76.4 Å². The average molecular weight is 923 g/mol. The molecule has 1 aliphatic carbocycles. The zero-order valence-electron chi connectivity index (χ0n) is 34.9. The first-order chi connectivity index (χ1) is 30.8. The van der Waals surface area contributed by atoms with E-state index in [1.54, 1.807) is 54.6 Å². The van der Waals surface area contributed by atoms with E-state index in [1.165, 1.54) is 44.2 Å². The van der Waals surface area contributed by atoms with E-state index in [0.717, 1.165) is 43.3 Å². The van der Waals surface area contributed by atoms with Gasteiger partial charge in [-0.2, -0.15) is 52.7 Å². The molecule has 0 amide bonds. The van der Waals surface area contributed by atoms with Crippen LogP contribution in [0.15, 0.2) is 143 Å². The summed E-state index contributed by atoms with van der Waals surface area (Å²) in [6, 6.07) is 28.5. The lowest BCUT2D eigenvalue weighted by Crippen LogP contribution is -2.54. The Kier molecular flexibility index (Phi) is 9.77. The summed E-state index contributed by atoms with van der Waals surface area (Å²) in [7, 11) is 0. The normalized spacial score (nSPS) is 20.2. The van der Waals surface area contributed by atoms with E-state index in [4.69, 9.17) is 9.47 Å². The summed E-state index contributed by atoms with van der Waals surface area (Å²) in [5.74, 6) is -0.971. The Balaban J connectivity index is 1.25. The number of alkyl halides is 12. The molecule has 3 aliphatic rings. The van der Waals surface area contributed by atoms with Gasteiger partial charge in [0, 0.05) is 23.6 Å². The number of hydrogen-bond donors (Lipinski definition) is 0. The van der Waals surface area contributed by atoms with Crippen LogP contribution in [-0.4, -0.2) is 36.5 Å². The van der Waals surface area contributed by atoms with Gasteiger partial charge in [-0.15, -0.1) is 0 Å². The van der Waals surface area contributed by atoms with Crippen LogP contribution in [0, 0.1) is 6.92 Å². The third-order valence-corrected chi connectivity index (χ3v) is 13.0. The molecule has 0 spiro atoms. The number of aliphatic imine (C=N–C) groups is 2. The molecule has 6 aromatic rings. The van der Waals surface area contributed by atoms with Crippen LogP contribution in [-0.2, 0) is 31.5 Å². The van der Waals surface area contributed by atoms with Crippen LogP contribution in [0.25, 0.3) is 11.1 Å². The lowest BCUT2D eigenvalue weighted by atomic mass is 9.66. The molecule has 6 aromatic carbocycles. The van der Waals surface area contributed by atoms with Gasteiger partial charge >= 0.3 is 24.7 Å². The minimum absolute atomic E-state index is 0.0203. The van der Waals surface area contributed by atoms with Crippen LogP contribution in [0.3, 0.4) is 0 Å². The van der Waals surface area contributed by atoms with E-state index in [0.29, 0.717) is 46.9 Å². The summed E-state index contributed by atoms with van der Waals surface area (Å²) in [6.45, 7) is 4.36. The van der Waals surface area contributed by atoms with E-state index in [1.807, 2.05) is 0 Å². The van der Waals surface area contributed by atoms with Gasteiger partial charge in [-0.1, -0.05) is 103 Å². The molecule has 0 fully saturated rings. The highest BCUT2D eigenvalue weighted by molar-refractivity contribution is 5.98. The largest absolute Gasteiger partial charge is 0.460 e. The highest BCUT2D eigenvalue weighted by Gasteiger charge is 2.72. The fraction of sp³-hybridized carbons (Fsp3) is 0.240. The lowest BCUT2D eigenvalue weighted by molar-refractivity contribution is -0.288. The summed E-state index contributed by atoms with van der Waals surface area (Å²) in [5, 5.41) is 0. The minimum Gasteiger partial charge on any atom is -0.460 e. The fourth-order valence-electron chi connectivity index (χ4n) is 9.64. The van der Waals surface area contributed by atoms with Crippen molar-refractivity contribution in [1.82, 2.24) is 0 Å². The van der Waals surface area contributed by atoms with E-state index in [2.05, 4.69) is 9.98 Å². The smallest absolute Gasteiger partial charge is 0.432 e. The highest BCUT2D eigenvalue weighted by Crippen LogP contribution is 2.60. The Hall–Kier alpha value is -6.58. The van der Waals surface area contributed by atoms with Gasteiger partial charge in [0.2, 0.25) is 22.5 Å². The van der Waals surface area contributed by atoms with Crippen molar-refractivity contribution >= 4 is 23.2 Å². The number of aryl methyl sites for hydroxylation is 1. The van der Waals surface area contributed by atoms with Gasteiger partial charge < -0.3 is 9.47 Å². The second-order valence-corrected chi connectivity index (χ2v) is 16.8. The molecule has 0 radical (unpaired) electrons. The molecule has 4 nitrogen and oxygen atoms in total. The van der Waals surface area contributed by atoms with Crippen molar-refractivity contribution in [3.63, 3.8) is 0 Å². The number of fused-ring (bicyclic) bond motifs is 5. The zero-order chi connectivity index (χ0) is 47.6. The Morgan fingerprint density at radius 3 is 1.33 bits per heavy atom. The van der Waals surface area contributed by atoms with Crippen molar-refractivity contribution in [2.75, 3.05) is 0 Å². The first kappa shape index (κ1) is 44.6. The molecule has 0 saturated carbocycles. The van der Waals surface area contributed by atoms with Crippen molar-refractivity contribution in [2.45, 2.75) is 74.4 Å². The minimum atomic E-state index is -5.91. The predicted octanol–water partition coefficient (Wildman–Crippen LogP) is 14.5. The number of nitrogens with zero attached hydrogens (tertiary/aromatic N) is 2. The summed E-state index contributed by atoms with van der Waals surface area (Å²) in [6.07, 6.45) is -22.0. The predicted molar refractivity (Wildman–Crippen MR) is 222 cm³/mol. The molecule has 9 rings (SSSR count). The summed E-state index contributed by atoms with van der Waals surface area (Å²) < 4.78 is 192. The average Bonchev–Trinajstić information content (AvgIpc) is 3.54. The van der Waals surface area contributed by atoms with E-state index in [9.17, 15) is 39.5 Å². The van der Waals surface area contributed by atoms with E-state index < -0.39 is 69.3 Å². The topological polar surface area (TPSA) is 43.2 Å². The second kappa shape index (κ2) is 14.5. The molecule has 2 heterocycles. The third-order valence-electron chi connectivity index (χ3n) is 13.0. The SMILES string of the molecule is CC1=Nc2ccc(C3(c4ccc5c(c4)C(C)(C(F)(F)F)OC(c4ccc(C(c6ccc(C)cc6)(C(F)(F)F)C(F)(F)F)cc4)=N5)c4ccccc4-c4ccccc43)cc2C(C)(C(F)(F)F)O1. The van der Waals surface area contributed by atoms with Crippen molar-refractivity contribution < 1.29 is 62.2 Å². The molecule has 2 unspecified atom stereocenters. The third kappa shape index (κ3) is 6.22. The van der Waals surface area contributed by atoms with Crippen molar-refractivity contribution in [3.8, 4) is 11.1 Å². The molecule has 2 aliphatic heterocycles. The molecule has 66 heavy (non-hydrogen) atoms. The first-order valence-corrected chi connectivity index (χ1v) is 20.3. The van der Waals surface area contributed by atoms with Gasteiger partial charge in [-0.05, 0) is 102 Å². The first-order valence-electron chi connectivity index (χ1n) is 20.3. The lowest BCUT2D eigenvalue weighted by Gasteiger charge is -2.40. The summed E-state index contributed by atoms with van der Waals surface area (Å²) in [5.41, 5.74) is -12.9. The van der Waals surface area contributed by atoms with E-state index in [-0.39, 0.29) is 39.5 Å². The highest BCUT2D eigenvalue weighted by atomic mass is 19.4. The molecule has 340 valence electrons. The summed E-state index contributed by atoms with van der Waals surface area (Å²) >= 11 is 0. The number of hydrogen-bond acceptors (Lipinski definition) is 4. The quantitative estimate of drug-likeness (QED) is 0.161. The Bertz CT molecular complexity index is 2920. The van der Waals surface area contributed by atoms with Crippen molar-refractivity contribution in [2.24, 2.45) is 9.98 Å². The second-order valence-electron chi connectivity index (χ2n) is 16.8. The van der Waals surface area contributed by atoms with Gasteiger partial charge in [-0.3, -0.25) is 0 Å². The van der Waals surface area contributed by atoms with Gasteiger partial charge in [0.25, 0.3) is 0 Å². The van der Waals surface area contributed by atoms with Crippen LogP contribution in [0.4, 0.5) is 64.1 Å². The molecule has 2 atom stereocenters. The standard InChI is InChI=1S/C50H34F12N2O2/c1-27-13-17-30(18-14-27)46(49(57,58)59,50(60,61)62)31-19-15-29(16-20-31)42-64-41-24-22-33(26-39(41)44(4,66-42)48(54,55)56)45(36-11-7-5-9-34(36)35-10-6-8-12-37(35)45)32-21-23-40-38(25-32)43(3,47(51,52)53)65-28(2)63-40/h5-26H,1-4H3. The van der Waals surface area contributed by atoms with Crippen LogP contribution < -0.4 is 0 Å². The van der Waals surface area contributed by atoms with Gasteiger partial charge in [-0.25, -0.2) is 9.98 Å². The maximum atomic E-state index is 15.7. The molecule has 0 saturated heterocycles. The van der Waals surface area contributed by atoms with Gasteiger partial charge in [0.1, 0.15) is 0 Å². The van der Waals surface area contributed by atoms with Crippen molar-refractivity contribution in [3.05, 3.63) is 189 Å². The zero-order valence-corrected chi connectivity index (χ0v) is 34.9. The fourth-order valence-corrected chi connectivity index (χ4v) is 9.64. The molecular weight excluding hydrogens is 889 g/mol. The van der Waals surface area contributed by atoms with Crippen molar-refractivity contribution in [1.29, 1.82) is 0 Å². The molecule has 0 N–H and O–H groups in total. The Morgan fingerprint density at radius 2 is 0.879 bits per heavy atom. The molecule has 0 bridgehead atoms. The summed E-state index contributed by atoms with van der Waals surface area (Å²) in [4.78, 5) is 8.57. The monoisotopic (exact) mass is 922 g/mol. The number of benzene rings is 6. The van der Waals surface area contributed by atoms with Crippen LogP contribution in [0.2, 0.25) is 0 Å². The number of rotatable bonds is 5. The van der Waals surface area contributed by atoms with Gasteiger partial charge in [0.05, 0.1) is 16.8 Å². The number of halogens is 12. The molecule has 0 aromatic heterocycles. The van der Waals surface area contributed by atoms with Gasteiger partial charge in [0.15, 0.2) is 5.90 Å².